The molecule has 0 amide bonds. The number of halogens is 1. The lowest BCUT2D eigenvalue weighted by Gasteiger charge is -2.05. The fraction of sp³-hybridized carbons (Fsp3) is 0.625. The highest BCUT2D eigenvalue weighted by Crippen LogP contribution is 2.04. The summed E-state index contributed by atoms with van der Waals surface area (Å²) in [6.45, 7) is 7.65. The number of aliphatic imine (C=N–C) groups is 1. The van der Waals surface area contributed by atoms with Gasteiger partial charge < -0.3 is 5.32 Å². The average molecular weight is 175 g/mol. The molecule has 0 aromatic carbocycles. The van der Waals surface area contributed by atoms with Crippen molar-refractivity contribution >= 4 is 17.3 Å². The van der Waals surface area contributed by atoms with E-state index >= 15 is 0 Å². The number of nitrogens with one attached hydrogen (secondary N) is 1. The topological polar surface area (TPSA) is 24.4 Å². The molecule has 0 unspecified atom stereocenters. The molecule has 0 fully saturated rings. The van der Waals surface area contributed by atoms with Crippen LogP contribution in [-0.4, -0.2) is 18.3 Å². The highest BCUT2D eigenvalue weighted by atomic mass is 35.5. The van der Waals surface area contributed by atoms with Gasteiger partial charge in [-0.2, -0.15) is 0 Å². The van der Waals surface area contributed by atoms with E-state index in [4.69, 9.17) is 11.6 Å². The third-order valence-corrected chi connectivity index (χ3v) is 1.82. The monoisotopic (exact) mass is 174 g/mol. The van der Waals surface area contributed by atoms with Crippen molar-refractivity contribution in [3.63, 3.8) is 0 Å². The normalized spacial score (nSPS) is 14.4. The van der Waals surface area contributed by atoms with Crippen molar-refractivity contribution in [3.05, 3.63) is 12.3 Å². The fourth-order valence-corrected chi connectivity index (χ4v) is 0.707. The van der Waals surface area contributed by atoms with E-state index < -0.39 is 0 Å². The molecule has 0 aliphatic carbocycles. The summed E-state index contributed by atoms with van der Waals surface area (Å²) in [6.07, 6.45) is 0.843. The van der Waals surface area contributed by atoms with E-state index in [0.29, 0.717) is 0 Å². The molecular formula is C8H15ClN2. The molecule has 0 aromatic rings. The van der Waals surface area contributed by atoms with Gasteiger partial charge in [0.15, 0.2) is 0 Å². The second kappa shape index (κ2) is 5.19. The lowest BCUT2D eigenvalue weighted by atomic mass is 10.3. The van der Waals surface area contributed by atoms with Crippen LogP contribution in [0.2, 0.25) is 0 Å². The zero-order valence-corrected chi connectivity index (χ0v) is 8.07. The average Bonchev–Trinajstić information content (AvgIpc) is 2.02. The van der Waals surface area contributed by atoms with Crippen molar-refractivity contribution in [2.45, 2.75) is 25.8 Å². The van der Waals surface area contributed by atoms with Crippen LogP contribution in [0.3, 0.4) is 0 Å². The molecule has 0 spiro atoms. The van der Waals surface area contributed by atoms with E-state index in [1.807, 2.05) is 20.9 Å². The van der Waals surface area contributed by atoms with Crippen molar-refractivity contribution in [3.8, 4) is 0 Å². The van der Waals surface area contributed by atoms with Gasteiger partial charge >= 0.3 is 0 Å². The molecule has 0 heterocycles. The zero-order chi connectivity index (χ0) is 8.85. The van der Waals surface area contributed by atoms with Crippen LogP contribution >= 0.6 is 11.6 Å². The van der Waals surface area contributed by atoms with Gasteiger partial charge in [-0.3, -0.25) is 4.99 Å². The summed E-state index contributed by atoms with van der Waals surface area (Å²) in [5.41, 5.74) is 1.57. The maximum atomic E-state index is 5.80. The molecule has 0 bridgehead atoms. The van der Waals surface area contributed by atoms with Gasteiger partial charge in [-0.1, -0.05) is 25.1 Å². The Kier molecular flexibility index (Phi) is 4.95. The second-order valence-electron chi connectivity index (χ2n) is 2.29. The van der Waals surface area contributed by atoms with Crippen molar-refractivity contribution in [2.24, 2.45) is 4.99 Å². The minimum Gasteiger partial charge on any atom is -0.387 e. The third kappa shape index (κ3) is 4.04. The van der Waals surface area contributed by atoms with Gasteiger partial charge in [0, 0.05) is 12.7 Å². The molecule has 0 saturated carbocycles. The summed E-state index contributed by atoms with van der Waals surface area (Å²) < 4.78 is 0. The quantitative estimate of drug-likeness (QED) is 0.394. The third-order valence-electron chi connectivity index (χ3n) is 1.41. The molecule has 64 valence electrons. The van der Waals surface area contributed by atoms with Crippen LogP contribution < -0.4 is 5.32 Å². The molecule has 11 heavy (non-hydrogen) atoms. The number of allylic oxidation sites excluding steroid dienone is 1. The highest BCUT2D eigenvalue weighted by molar-refractivity contribution is 6.21. The van der Waals surface area contributed by atoms with Crippen molar-refractivity contribution in [1.29, 1.82) is 0 Å². The highest BCUT2D eigenvalue weighted by Gasteiger charge is 1.99. The Morgan fingerprint density at radius 2 is 2.27 bits per heavy atom. The Bertz CT molecular complexity index is 163. The Hall–Kier alpha value is -0.500. The van der Waals surface area contributed by atoms with E-state index in [9.17, 15) is 0 Å². The maximum Gasteiger partial charge on any atom is 0.123 e. The van der Waals surface area contributed by atoms with Crippen LogP contribution in [-0.2, 0) is 0 Å². The summed E-state index contributed by atoms with van der Waals surface area (Å²) in [6, 6.07) is 0. The van der Waals surface area contributed by atoms with Crippen LogP contribution in [0.4, 0.5) is 0 Å². The number of rotatable bonds is 4. The zero-order valence-electron chi connectivity index (χ0n) is 7.32. The standard InChI is InChI=1S/C8H15ClN2/c1-5-8(9)11-7(3)6(2)10-4/h8,10H,2,5H2,1,3-4H3/b11-7-/t8-/m1/s1. The van der Waals surface area contributed by atoms with Crippen LogP contribution in [0.5, 0.6) is 0 Å². The number of hydrogen-bond donors (Lipinski definition) is 1. The predicted molar refractivity (Wildman–Crippen MR) is 51.2 cm³/mol. The molecule has 0 aliphatic rings. The second-order valence-corrected chi connectivity index (χ2v) is 2.79. The Balaban J connectivity index is 4.09. The Morgan fingerprint density at radius 1 is 1.73 bits per heavy atom. The molecule has 3 heteroatoms. The van der Waals surface area contributed by atoms with Gasteiger partial charge in [-0.15, -0.1) is 0 Å². The smallest absolute Gasteiger partial charge is 0.123 e. The molecule has 2 nitrogen and oxygen atoms in total. The van der Waals surface area contributed by atoms with E-state index in [1.54, 1.807) is 0 Å². The first kappa shape index (κ1) is 10.5. The Labute approximate surface area is 73.4 Å². The van der Waals surface area contributed by atoms with Gasteiger partial charge in [0.25, 0.3) is 0 Å². The molecule has 0 aliphatic heterocycles. The van der Waals surface area contributed by atoms with E-state index in [2.05, 4.69) is 16.9 Å². The Morgan fingerprint density at radius 3 is 2.64 bits per heavy atom. The molecule has 0 radical (unpaired) electrons. The lowest BCUT2D eigenvalue weighted by Crippen LogP contribution is -2.13. The first-order chi connectivity index (χ1) is 5.11. The van der Waals surface area contributed by atoms with Crippen LogP contribution in [0.15, 0.2) is 17.3 Å². The molecule has 0 rings (SSSR count). The first-order valence-corrected chi connectivity index (χ1v) is 4.11. The van der Waals surface area contributed by atoms with Gasteiger partial charge in [-0.25, -0.2) is 0 Å². The number of hydrogen-bond acceptors (Lipinski definition) is 2. The van der Waals surface area contributed by atoms with Gasteiger partial charge in [0.05, 0.1) is 5.71 Å². The van der Waals surface area contributed by atoms with Gasteiger partial charge in [-0.05, 0) is 13.3 Å². The fourth-order valence-electron chi connectivity index (χ4n) is 0.560. The summed E-state index contributed by atoms with van der Waals surface area (Å²) in [4.78, 5) is 4.19. The first-order valence-electron chi connectivity index (χ1n) is 3.67. The van der Waals surface area contributed by atoms with Crippen LogP contribution in [0.1, 0.15) is 20.3 Å². The molecule has 0 aromatic heterocycles. The summed E-state index contributed by atoms with van der Waals surface area (Å²) in [7, 11) is 1.82. The van der Waals surface area contributed by atoms with E-state index in [1.165, 1.54) is 0 Å². The largest absolute Gasteiger partial charge is 0.387 e. The minimum atomic E-state index is -0.125. The van der Waals surface area contributed by atoms with Crippen molar-refractivity contribution < 1.29 is 0 Å². The molecule has 0 saturated heterocycles. The summed E-state index contributed by atoms with van der Waals surface area (Å²) in [5.74, 6) is 0. The molecular weight excluding hydrogens is 160 g/mol. The number of alkyl halides is 1. The number of nitrogens with zero attached hydrogens (tertiary/aromatic N) is 1. The SMILES string of the molecule is C=C(NC)/C(C)=N\[C@@H](Cl)CC. The molecule has 1 N–H and O–H groups in total. The van der Waals surface area contributed by atoms with Crippen molar-refractivity contribution in [1.82, 2.24) is 5.32 Å². The summed E-state index contributed by atoms with van der Waals surface area (Å²) in [5, 5.41) is 2.91. The lowest BCUT2D eigenvalue weighted by molar-refractivity contribution is 0.854. The maximum absolute atomic E-state index is 5.80. The van der Waals surface area contributed by atoms with Crippen LogP contribution in [0, 0.1) is 0 Å². The van der Waals surface area contributed by atoms with Gasteiger partial charge in [0.1, 0.15) is 5.50 Å². The van der Waals surface area contributed by atoms with E-state index in [0.717, 1.165) is 17.8 Å². The van der Waals surface area contributed by atoms with E-state index in [-0.39, 0.29) is 5.50 Å². The van der Waals surface area contributed by atoms with Crippen LogP contribution in [0.25, 0.3) is 0 Å². The predicted octanol–water partition coefficient (Wildman–Crippen LogP) is 2.16. The van der Waals surface area contributed by atoms with Gasteiger partial charge in [0.2, 0.25) is 0 Å². The molecule has 1 atom stereocenters. The summed E-state index contributed by atoms with van der Waals surface area (Å²) >= 11 is 5.80. The van der Waals surface area contributed by atoms with Crippen molar-refractivity contribution in [2.75, 3.05) is 7.05 Å². The minimum absolute atomic E-state index is 0.125.